The molecule has 2 aromatic carbocycles. The van der Waals surface area contributed by atoms with E-state index < -0.39 is 0 Å². The zero-order valence-electron chi connectivity index (χ0n) is 18.1. The van der Waals surface area contributed by atoms with Gasteiger partial charge < -0.3 is 10.6 Å². The molecule has 0 bridgehead atoms. The van der Waals surface area contributed by atoms with E-state index in [0.29, 0.717) is 5.56 Å². The van der Waals surface area contributed by atoms with Crippen LogP contribution in [0.2, 0.25) is 0 Å². The first-order valence-electron chi connectivity index (χ1n) is 10.1. The molecule has 0 aliphatic rings. The number of hydrogen-bond acceptors (Lipinski definition) is 3. The number of anilines is 1. The van der Waals surface area contributed by atoms with Crippen molar-refractivity contribution in [2.75, 3.05) is 11.9 Å². The normalized spacial score (nSPS) is 10.9. The number of aryl methyl sites for hydroxylation is 3. The minimum Gasteiger partial charge on any atom is -0.343 e. The summed E-state index contributed by atoms with van der Waals surface area (Å²) >= 11 is 0. The van der Waals surface area contributed by atoms with Crippen LogP contribution in [0.15, 0.2) is 48.7 Å². The van der Waals surface area contributed by atoms with Crippen LogP contribution >= 0.6 is 0 Å². The third-order valence-electron chi connectivity index (χ3n) is 5.03. The van der Waals surface area contributed by atoms with Crippen molar-refractivity contribution >= 4 is 17.5 Å². The van der Waals surface area contributed by atoms with E-state index >= 15 is 0 Å². The van der Waals surface area contributed by atoms with Crippen molar-refractivity contribution in [1.29, 1.82) is 0 Å². The minimum atomic E-state index is -0.311. The van der Waals surface area contributed by atoms with Gasteiger partial charge in [0.05, 0.1) is 29.7 Å². The number of hydrogen-bond donors (Lipinski definition) is 2. The first-order chi connectivity index (χ1) is 14.3. The Morgan fingerprint density at radius 3 is 2.23 bits per heavy atom. The Balaban J connectivity index is 1.74. The van der Waals surface area contributed by atoms with Crippen molar-refractivity contribution in [1.82, 2.24) is 15.1 Å². The molecule has 0 saturated heterocycles. The van der Waals surface area contributed by atoms with Crippen molar-refractivity contribution in [2.24, 2.45) is 0 Å². The van der Waals surface area contributed by atoms with Gasteiger partial charge in [0, 0.05) is 5.69 Å². The summed E-state index contributed by atoms with van der Waals surface area (Å²) in [5.41, 5.74) is 6.09. The average molecular weight is 405 g/mol. The van der Waals surface area contributed by atoms with Crippen molar-refractivity contribution in [3.8, 4) is 5.69 Å². The van der Waals surface area contributed by atoms with Gasteiger partial charge in [0.1, 0.15) is 0 Å². The van der Waals surface area contributed by atoms with E-state index in [2.05, 4.69) is 15.7 Å². The van der Waals surface area contributed by atoms with E-state index in [-0.39, 0.29) is 24.3 Å². The zero-order valence-corrected chi connectivity index (χ0v) is 18.1. The molecule has 2 N–H and O–H groups in total. The predicted octanol–water partition coefficient (Wildman–Crippen LogP) is 4.29. The maximum atomic E-state index is 12.8. The van der Waals surface area contributed by atoms with Crippen molar-refractivity contribution in [3.05, 3.63) is 76.6 Å². The number of para-hydroxylation sites is 1. The average Bonchev–Trinajstić information content (AvgIpc) is 3.15. The highest BCUT2D eigenvalue weighted by Gasteiger charge is 2.21. The molecule has 0 unspecified atom stereocenters. The molecule has 0 spiro atoms. The van der Waals surface area contributed by atoms with Crippen LogP contribution < -0.4 is 10.6 Å². The Kier molecular flexibility index (Phi) is 6.35. The fourth-order valence-electron chi connectivity index (χ4n) is 3.43. The summed E-state index contributed by atoms with van der Waals surface area (Å²) in [7, 11) is 0. The fourth-order valence-corrected chi connectivity index (χ4v) is 3.43. The van der Waals surface area contributed by atoms with Crippen LogP contribution in [0.3, 0.4) is 0 Å². The minimum absolute atomic E-state index is 0.0815. The summed E-state index contributed by atoms with van der Waals surface area (Å²) < 4.78 is 1.79. The summed E-state index contributed by atoms with van der Waals surface area (Å²) in [5, 5.41) is 10.0. The van der Waals surface area contributed by atoms with Crippen LogP contribution in [0.4, 0.5) is 5.69 Å². The van der Waals surface area contributed by atoms with Crippen LogP contribution in [0.25, 0.3) is 5.69 Å². The summed E-state index contributed by atoms with van der Waals surface area (Å²) in [6.45, 7) is 9.84. The highest BCUT2D eigenvalue weighted by Crippen LogP contribution is 2.23. The highest BCUT2D eigenvalue weighted by atomic mass is 16.2. The first kappa shape index (κ1) is 21.3. The summed E-state index contributed by atoms with van der Waals surface area (Å²) in [6.07, 6.45) is 1.56. The lowest BCUT2D eigenvalue weighted by atomic mass is 10.0. The lowest BCUT2D eigenvalue weighted by Crippen LogP contribution is -2.33. The van der Waals surface area contributed by atoms with Gasteiger partial charge in [0.25, 0.3) is 5.91 Å². The van der Waals surface area contributed by atoms with Crippen LogP contribution in [-0.2, 0) is 4.79 Å². The van der Waals surface area contributed by atoms with Gasteiger partial charge in [0.2, 0.25) is 5.91 Å². The van der Waals surface area contributed by atoms with Gasteiger partial charge in [-0.25, -0.2) is 4.68 Å². The van der Waals surface area contributed by atoms with E-state index in [9.17, 15) is 9.59 Å². The van der Waals surface area contributed by atoms with Crippen molar-refractivity contribution < 1.29 is 9.59 Å². The molecule has 0 radical (unpaired) electrons. The van der Waals surface area contributed by atoms with Gasteiger partial charge in [-0.3, -0.25) is 9.59 Å². The molecule has 3 aromatic rings. The molecule has 0 atom stereocenters. The van der Waals surface area contributed by atoms with Gasteiger partial charge in [-0.15, -0.1) is 0 Å². The second-order valence-corrected chi connectivity index (χ2v) is 7.84. The molecular formula is C24H28N4O2. The second kappa shape index (κ2) is 8.95. The van der Waals surface area contributed by atoms with Crippen molar-refractivity contribution in [2.45, 2.75) is 40.5 Å². The van der Waals surface area contributed by atoms with Crippen molar-refractivity contribution in [3.63, 3.8) is 0 Å². The maximum Gasteiger partial charge on any atom is 0.255 e. The number of rotatable bonds is 6. The Morgan fingerprint density at radius 2 is 1.63 bits per heavy atom. The summed E-state index contributed by atoms with van der Waals surface area (Å²) in [5.74, 6) is -0.496. The molecule has 3 rings (SSSR count). The van der Waals surface area contributed by atoms with E-state index in [1.807, 2.05) is 77.1 Å². The number of carbonyl (C=O) groups excluding carboxylic acids is 2. The van der Waals surface area contributed by atoms with Gasteiger partial charge in [-0.2, -0.15) is 5.10 Å². The summed E-state index contributed by atoms with van der Waals surface area (Å²) in [6, 6.07) is 13.8. The molecule has 1 aromatic heterocycles. The lowest BCUT2D eigenvalue weighted by molar-refractivity contribution is -0.115. The van der Waals surface area contributed by atoms with E-state index in [1.165, 1.54) is 0 Å². The molecule has 2 amide bonds. The van der Waals surface area contributed by atoms with Gasteiger partial charge in [-0.05, 0) is 49.9 Å². The molecule has 156 valence electrons. The standard InChI is InChI=1S/C24H28N4O2/c1-15(2)23-20(13-26-28(23)19-11-9-16(3)10-12-19)24(30)25-14-21(29)27-22-17(4)7-6-8-18(22)5/h6-13,15H,14H2,1-5H3,(H,25,30)(H,27,29). The van der Waals surface area contributed by atoms with Crippen LogP contribution in [0.1, 0.15) is 52.5 Å². The first-order valence-corrected chi connectivity index (χ1v) is 10.1. The number of nitrogens with zero attached hydrogens (tertiary/aromatic N) is 2. The number of aromatic nitrogens is 2. The Bertz CT molecular complexity index is 1050. The molecule has 1 heterocycles. The zero-order chi connectivity index (χ0) is 21.8. The third kappa shape index (κ3) is 4.59. The molecular weight excluding hydrogens is 376 g/mol. The molecule has 0 aliphatic carbocycles. The van der Waals surface area contributed by atoms with Gasteiger partial charge in [0.15, 0.2) is 0 Å². The Morgan fingerprint density at radius 1 is 1.00 bits per heavy atom. The molecule has 0 saturated carbocycles. The Labute approximate surface area is 177 Å². The highest BCUT2D eigenvalue weighted by molar-refractivity contribution is 6.00. The Hall–Kier alpha value is -3.41. The quantitative estimate of drug-likeness (QED) is 0.643. The third-order valence-corrected chi connectivity index (χ3v) is 5.03. The van der Waals surface area contributed by atoms with Crippen LogP contribution in [0.5, 0.6) is 0 Å². The van der Waals surface area contributed by atoms with Crippen LogP contribution in [0, 0.1) is 20.8 Å². The topological polar surface area (TPSA) is 76.0 Å². The monoisotopic (exact) mass is 404 g/mol. The summed E-state index contributed by atoms with van der Waals surface area (Å²) in [4.78, 5) is 25.2. The molecule has 6 heteroatoms. The molecule has 0 aliphatic heterocycles. The van der Waals surface area contributed by atoms with E-state index in [0.717, 1.165) is 33.8 Å². The maximum absolute atomic E-state index is 12.8. The fraction of sp³-hybridized carbons (Fsp3) is 0.292. The number of amides is 2. The molecule has 0 fully saturated rings. The number of nitrogens with one attached hydrogen (secondary N) is 2. The molecule has 6 nitrogen and oxygen atoms in total. The predicted molar refractivity (Wildman–Crippen MR) is 119 cm³/mol. The number of benzene rings is 2. The van der Waals surface area contributed by atoms with Crippen LogP contribution in [-0.4, -0.2) is 28.1 Å². The second-order valence-electron chi connectivity index (χ2n) is 7.84. The lowest BCUT2D eigenvalue weighted by Gasteiger charge is -2.14. The smallest absolute Gasteiger partial charge is 0.255 e. The van der Waals surface area contributed by atoms with E-state index in [1.54, 1.807) is 10.9 Å². The number of carbonyl (C=O) groups is 2. The van der Waals surface area contributed by atoms with Gasteiger partial charge in [-0.1, -0.05) is 49.7 Å². The largest absolute Gasteiger partial charge is 0.343 e. The van der Waals surface area contributed by atoms with Gasteiger partial charge >= 0.3 is 0 Å². The molecule has 30 heavy (non-hydrogen) atoms. The van der Waals surface area contributed by atoms with E-state index in [4.69, 9.17) is 0 Å². The SMILES string of the molecule is Cc1ccc(-n2ncc(C(=O)NCC(=O)Nc3c(C)cccc3C)c2C(C)C)cc1.